The van der Waals surface area contributed by atoms with Gasteiger partial charge in [0.25, 0.3) is 0 Å². The molecule has 1 atom stereocenters. The number of amides is 1. The van der Waals surface area contributed by atoms with Gasteiger partial charge >= 0.3 is 0 Å². The van der Waals surface area contributed by atoms with Crippen molar-refractivity contribution in [2.75, 3.05) is 19.8 Å². The fourth-order valence-corrected chi connectivity index (χ4v) is 2.74. The Hall–Kier alpha value is -1.89. The van der Waals surface area contributed by atoms with Crippen LogP contribution in [0.4, 0.5) is 0 Å². The van der Waals surface area contributed by atoms with E-state index in [9.17, 15) is 4.79 Å². The minimum absolute atomic E-state index is 0.0538. The van der Waals surface area contributed by atoms with Crippen LogP contribution < -0.4 is 10.6 Å². The maximum atomic E-state index is 12.0. The molecule has 6 nitrogen and oxygen atoms in total. The predicted octanol–water partition coefficient (Wildman–Crippen LogP) is 2.30. The van der Waals surface area contributed by atoms with Crippen LogP contribution in [0, 0.1) is 6.92 Å². The van der Waals surface area contributed by atoms with E-state index in [-0.39, 0.29) is 18.5 Å². The number of nitrogens with zero attached hydrogens (tertiary/aromatic N) is 1. The SMILES string of the molecule is Cc1nc(CNC(=O)CC2COCCN2)oc1-c1ccc(Cl)cc1. The smallest absolute Gasteiger partial charge is 0.222 e. The van der Waals surface area contributed by atoms with Gasteiger partial charge in [-0.25, -0.2) is 4.98 Å². The zero-order valence-corrected chi connectivity index (χ0v) is 14.2. The Balaban J connectivity index is 1.57. The lowest BCUT2D eigenvalue weighted by molar-refractivity contribution is -0.122. The molecule has 24 heavy (non-hydrogen) atoms. The summed E-state index contributed by atoms with van der Waals surface area (Å²) >= 11 is 5.90. The molecule has 0 spiro atoms. The molecule has 1 aromatic carbocycles. The number of morpholine rings is 1. The number of benzene rings is 1. The molecule has 1 aliphatic heterocycles. The van der Waals surface area contributed by atoms with Gasteiger partial charge in [0.1, 0.15) is 0 Å². The molecule has 2 aromatic rings. The Morgan fingerprint density at radius 1 is 1.42 bits per heavy atom. The van der Waals surface area contributed by atoms with Gasteiger partial charge in [-0.15, -0.1) is 0 Å². The van der Waals surface area contributed by atoms with Crippen molar-refractivity contribution in [2.24, 2.45) is 0 Å². The van der Waals surface area contributed by atoms with Crippen molar-refractivity contribution in [3.8, 4) is 11.3 Å². The minimum Gasteiger partial charge on any atom is -0.438 e. The van der Waals surface area contributed by atoms with Crippen LogP contribution in [0.5, 0.6) is 0 Å². The Morgan fingerprint density at radius 3 is 2.92 bits per heavy atom. The molecule has 1 aromatic heterocycles. The van der Waals surface area contributed by atoms with E-state index in [1.807, 2.05) is 19.1 Å². The van der Waals surface area contributed by atoms with Crippen molar-refractivity contribution < 1.29 is 13.9 Å². The topological polar surface area (TPSA) is 76.4 Å². The molecule has 7 heteroatoms. The molecular formula is C17H20ClN3O3. The Kier molecular flexibility index (Phi) is 5.50. The highest BCUT2D eigenvalue weighted by molar-refractivity contribution is 6.30. The zero-order valence-electron chi connectivity index (χ0n) is 13.5. The normalized spacial score (nSPS) is 17.7. The number of carbonyl (C=O) groups excluding carboxylic acids is 1. The van der Waals surface area contributed by atoms with Crippen molar-refractivity contribution in [3.63, 3.8) is 0 Å². The van der Waals surface area contributed by atoms with E-state index in [0.717, 1.165) is 17.8 Å². The summed E-state index contributed by atoms with van der Waals surface area (Å²) in [5, 5.41) is 6.76. The molecule has 3 rings (SSSR count). The van der Waals surface area contributed by atoms with Gasteiger partial charge in [-0.05, 0) is 31.2 Å². The first-order chi connectivity index (χ1) is 11.6. The van der Waals surface area contributed by atoms with Crippen molar-refractivity contribution in [2.45, 2.75) is 25.9 Å². The Bertz CT molecular complexity index is 694. The van der Waals surface area contributed by atoms with E-state index >= 15 is 0 Å². The monoisotopic (exact) mass is 349 g/mol. The standard InChI is InChI=1S/C17H20ClN3O3/c1-11-17(12-2-4-13(18)5-3-12)24-16(21-11)9-20-15(22)8-14-10-23-7-6-19-14/h2-5,14,19H,6-10H2,1H3,(H,20,22). The maximum Gasteiger partial charge on any atom is 0.222 e. The molecule has 2 heterocycles. The van der Waals surface area contributed by atoms with Crippen molar-refractivity contribution in [1.82, 2.24) is 15.6 Å². The second-order valence-electron chi connectivity index (χ2n) is 5.74. The largest absolute Gasteiger partial charge is 0.438 e. The lowest BCUT2D eigenvalue weighted by atomic mass is 10.1. The van der Waals surface area contributed by atoms with Crippen LogP contribution in [0.15, 0.2) is 28.7 Å². The van der Waals surface area contributed by atoms with Gasteiger partial charge in [0.2, 0.25) is 11.8 Å². The molecule has 1 aliphatic rings. The van der Waals surface area contributed by atoms with Crippen LogP contribution >= 0.6 is 11.6 Å². The van der Waals surface area contributed by atoms with Crippen LogP contribution in [0.25, 0.3) is 11.3 Å². The molecule has 128 valence electrons. The van der Waals surface area contributed by atoms with Gasteiger partial charge in [-0.1, -0.05) is 11.6 Å². The number of aromatic nitrogens is 1. The van der Waals surface area contributed by atoms with Gasteiger partial charge in [-0.3, -0.25) is 4.79 Å². The van der Waals surface area contributed by atoms with Crippen molar-refractivity contribution in [1.29, 1.82) is 0 Å². The average Bonchev–Trinajstić information content (AvgIpc) is 2.95. The molecular weight excluding hydrogens is 330 g/mol. The summed E-state index contributed by atoms with van der Waals surface area (Å²) in [6.07, 6.45) is 0.379. The summed E-state index contributed by atoms with van der Waals surface area (Å²) in [5.74, 6) is 1.12. The van der Waals surface area contributed by atoms with Gasteiger partial charge in [0.15, 0.2) is 5.76 Å². The summed E-state index contributed by atoms with van der Waals surface area (Å²) in [4.78, 5) is 16.4. The van der Waals surface area contributed by atoms with Gasteiger partial charge in [0.05, 0.1) is 25.5 Å². The van der Waals surface area contributed by atoms with E-state index < -0.39 is 0 Å². The Labute approximate surface area is 145 Å². The fourth-order valence-electron chi connectivity index (χ4n) is 2.62. The minimum atomic E-state index is -0.0538. The fraction of sp³-hybridized carbons (Fsp3) is 0.412. The summed E-state index contributed by atoms with van der Waals surface area (Å²) in [5.41, 5.74) is 1.69. The summed E-state index contributed by atoms with van der Waals surface area (Å²) in [7, 11) is 0. The number of ether oxygens (including phenoxy) is 1. The van der Waals surface area contributed by atoms with E-state index in [1.54, 1.807) is 12.1 Å². The van der Waals surface area contributed by atoms with Crippen LogP contribution in [0.2, 0.25) is 5.02 Å². The molecule has 0 radical (unpaired) electrons. The van der Waals surface area contributed by atoms with E-state index in [0.29, 0.717) is 36.3 Å². The lowest BCUT2D eigenvalue weighted by Crippen LogP contribution is -2.44. The quantitative estimate of drug-likeness (QED) is 0.866. The van der Waals surface area contributed by atoms with Gasteiger partial charge in [-0.2, -0.15) is 0 Å². The molecule has 1 saturated heterocycles. The number of nitrogens with one attached hydrogen (secondary N) is 2. The summed E-state index contributed by atoms with van der Waals surface area (Å²) in [6, 6.07) is 7.44. The summed E-state index contributed by atoms with van der Waals surface area (Å²) in [6.45, 7) is 4.18. The summed E-state index contributed by atoms with van der Waals surface area (Å²) < 4.78 is 11.1. The van der Waals surface area contributed by atoms with Gasteiger partial charge < -0.3 is 19.8 Å². The first-order valence-corrected chi connectivity index (χ1v) is 8.29. The number of rotatable bonds is 5. The molecule has 0 saturated carbocycles. The number of hydrogen-bond donors (Lipinski definition) is 2. The first-order valence-electron chi connectivity index (χ1n) is 7.92. The molecule has 0 bridgehead atoms. The Morgan fingerprint density at radius 2 is 2.21 bits per heavy atom. The third kappa shape index (κ3) is 4.35. The zero-order chi connectivity index (χ0) is 16.9. The van der Waals surface area contributed by atoms with E-state index in [2.05, 4.69) is 15.6 Å². The number of halogens is 1. The van der Waals surface area contributed by atoms with Gasteiger partial charge in [0, 0.05) is 29.6 Å². The van der Waals surface area contributed by atoms with E-state index in [1.165, 1.54) is 0 Å². The molecule has 2 N–H and O–H groups in total. The third-order valence-electron chi connectivity index (χ3n) is 3.81. The van der Waals surface area contributed by atoms with E-state index in [4.69, 9.17) is 20.8 Å². The second-order valence-corrected chi connectivity index (χ2v) is 6.17. The second kappa shape index (κ2) is 7.79. The maximum absolute atomic E-state index is 12.0. The number of carbonyl (C=O) groups is 1. The highest BCUT2D eigenvalue weighted by Crippen LogP contribution is 2.25. The molecule has 1 unspecified atom stereocenters. The molecule has 1 fully saturated rings. The van der Waals surface area contributed by atoms with Crippen molar-refractivity contribution >= 4 is 17.5 Å². The number of oxazole rings is 1. The van der Waals surface area contributed by atoms with Crippen LogP contribution in [-0.2, 0) is 16.1 Å². The third-order valence-corrected chi connectivity index (χ3v) is 4.07. The first kappa shape index (κ1) is 17.0. The lowest BCUT2D eigenvalue weighted by Gasteiger charge is -2.23. The average molecular weight is 350 g/mol. The number of hydrogen-bond acceptors (Lipinski definition) is 5. The van der Waals surface area contributed by atoms with Crippen LogP contribution in [0.1, 0.15) is 18.0 Å². The highest BCUT2D eigenvalue weighted by Gasteiger charge is 2.17. The molecule has 0 aliphatic carbocycles. The molecule has 1 amide bonds. The predicted molar refractivity (Wildman–Crippen MR) is 90.8 cm³/mol. The highest BCUT2D eigenvalue weighted by atomic mass is 35.5. The number of aryl methyl sites for hydroxylation is 1. The van der Waals surface area contributed by atoms with Crippen LogP contribution in [-0.4, -0.2) is 36.7 Å². The van der Waals surface area contributed by atoms with Crippen LogP contribution in [0.3, 0.4) is 0 Å². The van der Waals surface area contributed by atoms with Crippen molar-refractivity contribution in [3.05, 3.63) is 40.9 Å².